The fourth-order valence-corrected chi connectivity index (χ4v) is 1.82. The molecule has 0 saturated carbocycles. The third-order valence-electron chi connectivity index (χ3n) is 2.70. The molecule has 0 amide bonds. The van der Waals surface area contributed by atoms with E-state index in [0.29, 0.717) is 17.4 Å². The lowest BCUT2D eigenvalue weighted by atomic mass is 10.0. The predicted molar refractivity (Wildman–Crippen MR) is 71.7 cm³/mol. The van der Waals surface area contributed by atoms with Gasteiger partial charge >= 0.3 is 0 Å². The summed E-state index contributed by atoms with van der Waals surface area (Å²) in [7, 11) is 0. The number of hydrogen-bond donors (Lipinski definition) is 3. The van der Waals surface area contributed by atoms with Crippen LogP contribution < -0.4 is 17.0 Å². The number of halogens is 1. The van der Waals surface area contributed by atoms with Crippen molar-refractivity contribution in [2.75, 3.05) is 5.73 Å². The van der Waals surface area contributed by atoms with E-state index in [1.807, 2.05) is 18.2 Å². The third kappa shape index (κ3) is 2.95. The van der Waals surface area contributed by atoms with Gasteiger partial charge in [-0.1, -0.05) is 23.7 Å². The van der Waals surface area contributed by atoms with Crippen LogP contribution in [0.1, 0.15) is 17.2 Å². The minimum Gasteiger partial charge on any atom is -0.383 e. The van der Waals surface area contributed by atoms with Gasteiger partial charge in [0.1, 0.15) is 11.0 Å². The van der Waals surface area contributed by atoms with Crippen LogP contribution in [0.15, 0.2) is 36.7 Å². The zero-order valence-corrected chi connectivity index (χ0v) is 10.4. The highest BCUT2D eigenvalue weighted by molar-refractivity contribution is 6.29. The number of nitrogens with zero attached hydrogens (tertiary/aromatic N) is 2. The van der Waals surface area contributed by atoms with E-state index in [1.165, 1.54) is 0 Å². The second-order valence-electron chi connectivity index (χ2n) is 3.89. The van der Waals surface area contributed by atoms with Crippen LogP contribution in [0.2, 0.25) is 5.15 Å². The highest BCUT2D eigenvalue weighted by Gasteiger charge is 2.12. The monoisotopic (exact) mass is 263 g/mol. The van der Waals surface area contributed by atoms with Crippen LogP contribution in [0, 0.1) is 0 Å². The van der Waals surface area contributed by atoms with E-state index in [2.05, 4.69) is 15.4 Å². The zero-order chi connectivity index (χ0) is 13.0. The van der Waals surface area contributed by atoms with Gasteiger partial charge in [0, 0.05) is 12.4 Å². The molecule has 1 unspecified atom stereocenters. The average molecular weight is 264 g/mol. The summed E-state index contributed by atoms with van der Waals surface area (Å²) in [5.41, 5.74) is 10.4. The van der Waals surface area contributed by atoms with Crippen molar-refractivity contribution in [1.82, 2.24) is 15.4 Å². The quantitative estimate of drug-likeness (QED) is 0.441. The lowest BCUT2D eigenvalue weighted by Crippen LogP contribution is -2.29. The van der Waals surface area contributed by atoms with Crippen molar-refractivity contribution in [2.45, 2.75) is 12.5 Å². The molecule has 94 valence electrons. The van der Waals surface area contributed by atoms with Gasteiger partial charge < -0.3 is 5.73 Å². The molecule has 2 aromatic rings. The first-order valence-corrected chi connectivity index (χ1v) is 5.85. The molecule has 6 heteroatoms. The number of hydrogen-bond acceptors (Lipinski definition) is 5. The second kappa shape index (κ2) is 5.77. The van der Waals surface area contributed by atoms with Gasteiger partial charge in [-0.15, -0.1) is 0 Å². The van der Waals surface area contributed by atoms with Crippen LogP contribution >= 0.6 is 11.6 Å². The average Bonchev–Trinajstić information content (AvgIpc) is 2.39. The van der Waals surface area contributed by atoms with E-state index in [-0.39, 0.29) is 6.04 Å². The van der Waals surface area contributed by atoms with E-state index >= 15 is 0 Å². The zero-order valence-electron chi connectivity index (χ0n) is 9.68. The lowest BCUT2D eigenvalue weighted by Gasteiger charge is -2.16. The van der Waals surface area contributed by atoms with Crippen molar-refractivity contribution in [2.24, 2.45) is 5.84 Å². The Labute approximate surface area is 110 Å². The molecule has 0 bridgehead atoms. The minimum absolute atomic E-state index is 0.0822. The summed E-state index contributed by atoms with van der Waals surface area (Å²) in [5, 5.41) is 0.454. The summed E-state index contributed by atoms with van der Waals surface area (Å²) in [4.78, 5) is 8.08. The van der Waals surface area contributed by atoms with E-state index in [9.17, 15) is 0 Å². The van der Waals surface area contributed by atoms with Gasteiger partial charge in [0.15, 0.2) is 0 Å². The molecular formula is C12H14ClN5. The van der Waals surface area contributed by atoms with Gasteiger partial charge in [0.05, 0.1) is 6.04 Å². The number of hydrazine groups is 1. The van der Waals surface area contributed by atoms with Crippen LogP contribution in [0.5, 0.6) is 0 Å². The summed E-state index contributed by atoms with van der Waals surface area (Å²) in [6.07, 6.45) is 3.99. The Morgan fingerprint density at radius 2 is 2.11 bits per heavy atom. The number of nitrogen functional groups attached to an aromatic ring is 1. The van der Waals surface area contributed by atoms with E-state index in [1.54, 1.807) is 18.5 Å². The van der Waals surface area contributed by atoms with Crippen molar-refractivity contribution >= 4 is 17.4 Å². The summed E-state index contributed by atoms with van der Waals surface area (Å²) >= 11 is 5.75. The van der Waals surface area contributed by atoms with Gasteiger partial charge in [0.2, 0.25) is 0 Å². The molecule has 2 aromatic heterocycles. The highest BCUT2D eigenvalue weighted by atomic mass is 35.5. The van der Waals surface area contributed by atoms with Crippen molar-refractivity contribution < 1.29 is 0 Å². The third-order valence-corrected chi connectivity index (χ3v) is 2.93. The SMILES string of the molecule is NNC(Cc1cccnc1N)c1ccc(Cl)nc1. The van der Waals surface area contributed by atoms with Crippen LogP contribution in [-0.2, 0) is 6.42 Å². The number of nitrogens with one attached hydrogen (secondary N) is 1. The van der Waals surface area contributed by atoms with Crippen LogP contribution in [0.4, 0.5) is 5.82 Å². The molecular weight excluding hydrogens is 250 g/mol. The van der Waals surface area contributed by atoms with Crippen LogP contribution in [0.25, 0.3) is 0 Å². The van der Waals surface area contributed by atoms with E-state index < -0.39 is 0 Å². The van der Waals surface area contributed by atoms with Crippen molar-refractivity contribution in [3.63, 3.8) is 0 Å². The predicted octanol–water partition coefficient (Wildman–Crippen LogP) is 1.46. The van der Waals surface area contributed by atoms with Gasteiger partial charge in [-0.2, -0.15) is 0 Å². The first kappa shape index (κ1) is 12.8. The maximum Gasteiger partial charge on any atom is 0.129 e. The van der Waals surface area contributed by atoms with Crippen LogP contribution in [0.3, 0.4) is 0 Å². The molecule has 1 atom stereocenters. The normalized spacial score (nSPS) is 12.3. The number of rotatable bonds is 4. The molecule has 5 N–H and O–H groups in total. The number of anilines is 1. The van der Waals surface area contributed by atoms with E-state index in [4.69, 9.17) is 23.2 Å². The molecule has 0 saturated heterocycles. The molecule has 0 fully saturated rings. The number of aromatic nitrogens is 2. The first-order chi connectivity index (χ1) is 8.70. The summed E-state index contributed by atoms with van der Waals surface area (Å²) in [5.74, 6) is 6.08. The molecule has 0 aliphatic rings. The topological polar surface area (TPSA) is 89.8 Å². The molecule has 2 rings (SSSR count). The Hall–Kier alpha value is -1.69. The molecule has 0 spiro atoms. The molecule has 0 aliphatic heterocycles. The maximum absolute atomic E-state index is 5.81. The van der Waals surface area contributed by atoms with Crippen LogP contribution in [-0.4, -0.2) is 9.97 Å². The maximum atomic E-state index is 5.81. The summed E-state index contributed by atoms with van der Waals surface area (Å²) in [6.45, 7) is 0. The Morgan fingerprint density at radius 1 is 1.28 bits per heavy atom. The Morgan fingerprint density at radius 3 is 2.72 bits per heavy atom. The molecule has 5 nitrogen and oxygen atoms in total. The molecule has 2 heterocycles. The van der Waals surface area contributed by atoms with Crippen molar-refractivity contribution in [1.29, 1.82) is 0 Å². The second-order valence-corrected chi connectivity index (χ2v) is 4.27. The van der Waals surface area contributed by atoms with Gasteiger partial charge in [0.25, 0.3) is 0 Å². The largest absolute Gasteiger partial charge is 0.383 e. The lowest BCUT2D eigenvalue weighted by molar-refractivity contribution is 0.550. The number of nitrogens with two attached hydrogens (primary N) is 2. The highest BCUT2D eigenvalue weighted by Crippen LogP contribution is 2.20. The van der Waals surface area contributed by atoms with Gasteiger partial charge in [-0.3, -0.25) is 11.3 Å². The Kier molecular flexibility index (Phi) is 4.09. The van der Waals surface area contributed by atoms with Crippen molar-refractivity contribution in [3.05, 3.63) is 52.9 Å². The smallest absolute Gasteiger partial charge is 0.129 e. The molecule has 0 aliphatic carbocycles. The summed E-state index contributed by atoms with van der Waals surface area (Å²) in [6, 6.07) is 7.30. The standard InChI is InChI=1S/C12H14ClN5/c13-11-4-3-9(7-17-11)10(18-15)6-8-2-1-5-16-12(8)14/h1-5,7,10,18H,6,15H2,(H2,14,16). The number of pyridine rings is 2. The minimum atomic E-state index is -0.0822. The Balaban J connectivity index is 2.20. The molecule has 0 aromatic carbocycles. The van der Waals surface area contributed by atoms with E-state index in [0.717, 1.165) is 11.1 Å². The fourth-order valence-electron chi connectivity index (χ4n) is 1.71. The fraction of sp³-hybridized carbons (Fsp3) is 0.167. The molecule has 18 heavy (non-hydrogen) atoms. The van der Waals surface area contributed by atoms with Crippen molar-refractivity contribution in [3.8, 4) is 0 Å². The van der Waals surface area contributed by atoms with Gasteiger partial charge in [-0.25, -0.2) is 9.97 Å². The summed E-state index contributed by atoms with van der Waals surface area (Å²) < 4.78 is 0. The first-order valence-electron chi connectivity index (χ1n) is 5.47. The van der Waals surface area contributed by atoms with Gasteiger partial charge in [-0.05, 0) is 29.7 Å². The Bertz CT molecular complexity index is 514. The molecule has 0 radical (unpaired) electrons.